The molecular weight excluding hydrogens is 416 g/mol. The highest BCUT2D eigenvalue weighted by Gasteiger charge is 2.54. The van der Waals surface area contributed by atoms with Gasteiger partial charge in [0, 0.05) is 31.8 Å². The third-order valence-corrected chi connectivity index (χ3v) is 6.22. The van der Waals surface area contributed by atoms with Crippen LogP contribution >= 0.6 is 0 Å². The quantitative estimate of drug-likeness (QED) is 0.266. The van der Waals surface area contributed by atoms with Crippen molar-refractivity contribution in [3.8, 4) is 0 Å². The number of esters is 4. The van der Waals surface area contributed by atoms with E-state index in [4.69, 9.17) is 18.9 Å². The third-order valence-electron chi connectivity index (χ3n) is 6.22. The summed E-state index contributed by atoms with van der Waals surface area (Å²) in [5, 5.41) is 0. The summed E-state index contributed by atoms with van der Waals surface area (Å²) in [6.45, 7) is 12.1. The van der Waals surface area contributed by atoms with Crippen molar-refractivity contribution in [2.24, 2.45) is 17.8 Å². The Balaban J connectivity index is 1.85. The number of fused-ring (bicyclic) bond motifs is 3. The first-order chi connectivity index (χ1) is 15.1. The average Bonchev–Trinajstić information content (AvgIpc) is 3.19. The molecule has 2 aliphatic carbocycles. The van der Waals surface area contributed by atoms with Gasteiger partial charge in [0.2, 0.25) is 0 Å². The highest BCUT2D eigenvalue weighted by molar-refractivity contribution is 5.92. The highest BCUT2D eigenvalue weighted by Crippen LogP contribution is 2.51. The maximum atomic E-state index is 13.0. The second kappa shape index (κ2) is 9.54. The summed E-state index contributed by atoms with van der Waals surface area (Å²) in [5.41, 5.74) is 2.34. The molecule has 0 aromatic heterocycles. The topological polar surface area (TPSA) is 105 Å². The van der Waals surface area contributed by atoms with Gasteiger partial charge >= 0.3 is 23.9 Å². The lowest BCUT2D eigenvalue weighted by atomic mass is 9.80. The van der Waals surface area contributed by atoms with E-state index >= 15 is 0 Å². The van der Waals surface area contributed by atoms with Crippen LogP contribution in [-0.2, 0) is 38.1 Å². The summed E-state index contributed by atoms with van der Waals surface area (Å²) >= 11 is 0. The molecule has 1 saturated carbocycles. The summed E-state index contributed by atoms with van der Waals surface area (Å²) in [7, 11) is 0. The average molecular weight is 444 g/mol. The van der Waals surface area contributed by atoms with E-state index < -0.39 is 42.0 Å². The first kappa shape index (κ1) is 23.5. The molecule has 5 unspecified atom stereocenters. The van der Waals surface area contributed by atoms with Crippen LogP contribution in [0.3, 0.4) is 0 Å². The normalized spacial score (nSPS) is 29.3. The monoisotopic (exact) mass is 444 g/mol. The van der Waals surface area contributed by atoms with Crippen LogP contribution in [0.4, 0.5) is 0 Å². The second-order valence-electron chi connectivity index (χ2n) is 8.36. The van der Waals surface area contributed by atoms with E-state index in [-0.39, 0.29) is 36.2 Å². The lowest BCUT2D eigenvalue weighted by Crippen LogP contribution is -2.36. The minimum Gasteiger partial charge on any atom is -0.462 e. The molecule has 0 bridgehead atoms. The van der Waals surface area contributed by atoms with E-state index in [1.807, 2.05) is 6.92 Å². The highest BCUT2D eigenvalue weighted by atomic mass is 16.6. The van der Waals surface area contributed by atoms with Crippen molar-refractivity contribution in [1.29, 1.82) is 0 Å². The number of rotatable bonds is 6. The van der Waals surface area contributed by atoms with Gasteiger partial charge in [-0.25, -0.2) is 9.59 Å². The predicted octanol–water partition coefficient (Wildman–Crippen LogP) is 2.59. The van der Waals surface area contributed by atoms with Gasteiger partial charge in [-0.3, -0.25) is 9.59 Å². The van der Waals surface area contributed by atoms with Crippen molar-refractivity contribution in [1.82, 2.24) is 0 Å². The molecule has 0 radical (unpaired) electrons. The number of hydrogen-bond acceptors (Lipinski definition) is 8. The molecule has 3 aliphatic rings. The van der Waals surface area contributed by atoms with Crippen LogP contribution < -0.4 is 0 Å². The van der Waals surface area contributed by atoms with E-state index in [0.29, 0.717) is 6.42 Å². The van der Waals surface area contributed by atoms with Gasteiger partial charge in [-0.05, 0) is 25.3 Å². The Hall–Kier alpha value is -3.16. The first-order valence-corrected chi connectivity index (χ1v) is 10.5. The van der Waals surface area contributed by atoms with Gasteiger partial charge < -0.3 is 18.9 Å². The molecule has 1 heterocycles. The van der Waals surface area contributed by atoms with Gasteiger partial charge in [-0.15, -0.1) is 0 Å². The lowest BCUT2D eigenvalue weighted by Gasteiger charge is -2.28. The number of carbonyl (C=O) groups is 4. The van der Waals surface area contributed by atoms with Crippen LogP contribution in [0.25, 0.3) is 0 Å². The van der Waals surface area contributed by atoms with Crippen LogP contribution in [0.1, 0.15) is 33.6 Å². The Kier molecular flexibility index (Phi) is 7.01. The van der Waals surface area contributed by atoms with E-state index in [2.05, 4.69) is 19.2 Å². The Bertz CT molecular complexity index is 924. The largest absolute Gasteiger partial charge is 0.462 e. The molecule has 0 aromatic rings. The summed E-state index contributed by atoms with van der Waals surface area (Å²) in [6, 6.07) is 0. The standard InChI is InChI=1S/C24H28O8/c1-12-6-7-18-13(2)10-19(21-14(3)23(27)32-22(21)20(12)18)31-24(28)17(11-30-16(5)26)8-9-29-15(4)25/h6,8,18-22H,2-3,7,9-11H2,1,4-5H3. The van der Waals surface area contributed by atoms with Crippen molar-refractivity contribution < 1.29 is 38.1 Å². The second-order valence-corrected chi connectivity index (χ2v) is 8.36. The van der Waals surface area contributed by atoms with Crippen LogP contribution in [0.15, 0.2) is 47.6 Å². The summed E-state index contributed by atoms with van der Waals surface area (Å²) in [5.74, 6) is -2.75. The molecule has 5 atom stereocenters. The Labute approximate surface area is 186 Å². The smallest absolute Gasteiger partial charge is 0.337 e. The molecule has 0 spiro atoms. The molecule has 32 heavy (non-hydrogen) atoms. The molecule has 0 amide bonds. The fourth-order valence-electron chi connectivity index (χ4n) is 4.67. The first-order valence-electron chi connectivity index (χ1n) is 10.5. The minimum atomic E-state index is -0.735. The molecule has 1 saturated heterocycles. The SMILES string of the molecule is C=C1CC(OC(=O)C(=CCOC(C)=O)COC(C)=O)C2C(=C)C(=O)OC2C2C(C)=CCC12. The van der Waals surface area contributed by atoms with E-state index in [1.165, 1.54) is 19.9 Å². The van der Waals surface area contributed by atoms with Crippen molar-refractivity contribution >= 4 is 23.9 Å². The lowest BCUT2D eigenvalue weighted by molar-refractivity contribution is -0.150. The summed E-state index contributed by atoms with van der Waals surface area (Å²) < 4.78 is 21.3. The number of ether oxygens (including phenoxy) is 4. The molecule has 3 rings (SSSR count). The van der Waals surface area contributed by atoms with Gasteiger partial charge in [0.25, 0.3) is 0 Å². The zero-order chi connectivity index (χ0) is 23.6. The van der Waals surface area contributed by atoms with Gasteiger partial charge in [-0.2, -0.15) is 0 Å². The molecule has 172 valence electrons. The minimum absolute atomic E-state index is 0.0278. The van der Waals surface area contributed by atoms with E-state index in [0.717, 1.165) is 17.6 Å². The molecule has 0 N–H and O–H groups in total. The third kappa shape index (κ3) is 4.84. The maximum Gasteiger partial charge on any atom is 0.337 e. The van der Waals surface area contributed by atoms with Crippen LogP contribution in [0.5, 0.6) is 0 Å². The maximum absolute atomic E-state index is 13.0. The van der Waals surface area contributed by atoms with E-state index in [9.17, 15) is 19.2 Å². The number of carbonyl (C=O) groups excluding carboxylic acids is 4. The fraction of sp³-hybridized carbons (Fsp3) is 0.500. The van der Waals surface area contributed by atoms with Gasteiger partial charge in [0.15, 0.2) is 0 Å². The predicted molar refractivity (Wildman–Crippen MR) is 113 cm³/mol. The molecule has 8 heteroatoms. The van der Waals surface area contributed by atoms with Crippen LogP contribution in [-0.4, -0.2) is 49.3 Å². The summed E-state index contributed by atoms with van der Waals surface area (Å²) in [6.07, 6.45) is 3.42. The van der Waals surface area contributed by atoms with Crippen LogP contribution in [0.2, 0.25) is 0 Å². The fourth-order valence-corrected chi connectivity index (χ4v) is 4.67. The van der Waals surface area contributed by atoms with Gasteiger partial charge in [0.1, 0.15) is 25.4 Å². The van der Waals surface area contributed by atoms with Crippen LogP contribution in [0, 0.1) is 17.8 Å². The summed E-state index contributed by atoms with van der Waals surface area (Å²) in [4.78, 5) is 47.6. The number of hydrogen-bond donors (Lipinski definition) is 0. The number of allylic oxidation sites excluding steroid dienone is 1. The van der Waals surface area contributed by atoms with Crippen molar-refractivity contribution in [2.75, 3.05) is 13.2 Å². The zero-order valence-electron chi connectivity index (χ0n) is 18.6. The zero-order valence-corrected chi connectivity index (χ0v) is 18.6. The van der Waals surface area contributed by atoms with Gasteiger partial charge in [0.05, 0.1) is 11.5 Å². The molecule has 2 fully saturated rings. The van der Waals surface area contributed by atoms with E-state index in [1.54, 1.807) is 0 Å². The Morgan fingerprint density at radius 1 is 1.16 bits per heavy atom. The molecule has 0 aromatic carbocycles. The Morgan fingerprint density at radius 3 is 2.50 bits per heavy atom. The van der Waals surface area contributed by atoms with Crippen molar-refractivity contribution in [3.63, 3.8) is 0 Å². The van der Waals surface area contributed by atoms with Crippen molar-refractivity contribution in [3.05, 3.63) is 47.6 Å². The molecular formula is C24H28O8. The molecule has 1 aliphatic heterocycles. The molecule has 8 nitrogen and oxygen atoms in total. The van der Waals surface area contributed by atoms with Crippen molar-refractivity contribution in [2.45, 2.75) is 45.8 Å². The van der Waals surface area contributed by atoms with Gasteiger partial charge in [-0.1, -0.05) is 30.4 Å². The Morgan fingerprint density at radius 2 is 1.84 bits per heavy atom.